The van der Waals surface area contributed by atoms with Gasteiger partial charge in [-0.05, 0) is 98.3 Å². The van der Waals surface area contributed by atoms with Crippen molar-refractivity contribution in [2.24, 2.45) is 0 Å². The van der Waals surface area contributed by atoms with Crippen LogP contribution >= 0.6 is 0 Å². The Kier molecular flexibility index (Phi) is 10.6. The summed E-state index contributed by atoms with van der Waals surface area (Å²) >= 11 is 0. The molecule has 0 bridgehead atoms. The minimum absolute atomic E-state index is 0.110. The van der Waals surface area contributed by atoms with Crippen LogP contribution in [-0.4, -0.2) is 54.1 Å². The molecular weight excluding hydrogens is 569 g/mol. The van der Waals surface area contributed by atoms with Crippen LogP contribution in [0, 0.1) is 6.92 Å². The van der Waals surface area contributed by atoms with Crippen molar-refractivity contribution in [2.75, 3.05) is 44.6 Å². The lowest BCUT2D eigenvalue weighted by Gasteiger charge is -2.15. The summed E-state index contributed by atoms with van der Waals surface area (Å²) in [5.74, 6) is 0.866. The minimum Gasteiger partial charge on any atom is -0.744 e. The average molecular weight is 607 g/mol. The van der Waals surface area contributed by atoms with Gasteiger partial charge in [-0.1, -0.05) is 17.7 Å². The third-order valence-electron chi connectivity index (χ3n) is 6.70. The SMILES string of the molecule is CN(C)c1ccc([S+](c2ccc(OC3CCCO3)cc2)c2ccc(N(C)C)cc2)cc1.Cc1ccc(S(=O)(=O)[O-])cc1. The van der Waals surface area contributed by atoms with Gasteiger partial charge in [0.25, 0.3) is 0 Å². The second-order valence-electron chi connectivity index (χ2n) is 10.4. The Morgan fingerprint density at radius 2 is 1.19 bits per heavy atom. The van der Waals surface area contributed by atoms with Crippen LogP contribution in [0.1, 0.15) is 18.4 Å². The molecule has 4 aromatic carbocycles. The second-order valence-corrected chi connectivity index (χ2v) is 13.8. The van der Waals surface area contributed by atoms with Gasteiger partial charge in [-0.3, -0.25) is 0 Å². The summed E-state index contributed by atoms with van der Waals surface area (Å²) in [6, 6.07) is 32.0. The van der Waals surface area contributed by atoms with Crippen molar-refractivity contribution in [1.82, 2.24) is 0 Å². The highest BCUT2D eigenvalue weighted by Gasteiger charge is 2.29. The summed E-state index contributed by atoms with van der Waals surface area (Å²) in [4.78, 5) is 7.96. The van der Waals surface area contributed by atoms with Gasteiger partial charge < -0.3 is 23.8 Å². The first-order valence-corrected chi connectivity index (χ1v) is 16.3. The number of nitrogens with zero attached hydrogens (tertiary/aromatic N) is 2. The van der Waals surface area contributed by atoms with E-state index in [2.05, 4.69) is 111 Å². The molecular formula is C33H38N2O5S2. The van der Waals surface area contributed by atoms with E-state index in [1.165, 1.54) is 38.2 Å². The molecule has 1 aliphatic rings. The van der Waals surface area contributed by atoms with E-state index in [-0.39, 0.29) is 22.1 Å². The summed E-state index contributed by atoms with van der Waals surface area (Å²) in [5, 5.41) is 0. The van der Waals surface area contributed by atoms with Crippen molar-refractivity contribution >= 4 is 32.4 Å². The summed E-state index contributed by atoms with van der Waals surface area (Å²) in [6.45, 7) is 2.61. The third-order valence-corrected chi connectivity index (χ3v) is 9.78. The number of rotatable bonds is 8. The molecule has 0 aromatic heterocycles. The van der Waals surface area contributed by atoms with E-state index in [0.29, 0.717) is 0 Å². The molecule has 9 heteroatoms. The zero-order valence-corrected chi connectivity index (χ0v) is 26.3. The van der Waals surface area contributed by atoms with Crippen molar-refractivity contribution in [1.29, 1.82) is 0 Å². The largest absolute Gasteiger partial charge is 0.744 e. The molecule has 1 heterocycles. The van der Waals surface area contributed by atoms with Crippen LogP contribution in [0.2, 0.25) is 0 Å². The fourth-order valence-corrected chi connectivity index (χ4v) is 6.83. The third kappa shape index (κ3) is 8.51. The van der Waals surface area contributed by atoms with E-state index >= 15 is 0 Å². The summed E-state index contributed by atoms with van der Waals surface area (Å²) < 4.78 is 42.7. The molecule has 4 aromatic rings. The van der Waals surface area contributed by atoms with Gasteiger partial charge in [0.1, 0.15) is 15.9 Å². The van der Waals surface area contributed by atoms with Crippen LogP contribution in [-0.2, 0) is 25.7 Å². The van der Waals surface area contributed by atoms with E-state index in [4.69, 9.17) is 9.47 Å². The highest BCUT2D eigenvalue weighted by molar-refractivity contribution is 7.97. The highest BCUT2D eigenvalue weighted by Crippen LogP contribution is 2.34. The summed E-state index contributed by atoms with van der Waals surface area (Å²) in [6.07, 6.45) is 1.92. The molecule has 7 nitrogen and oxygen atoms in total. The Bertz CT molecular complexity index is 1460. The average Bonchev–Trinajstić information content (AvgIpc) is 3.48. The summed E-state index contributed by atoms with van der Waals surface area (Å²) in [7, 11) is 3.82. The number of hydrogen-bond donors (Lipinski definition) is 0. The van der Waals surface area contributed by atoms with Gasteiger partial charge in [0.05, 0.1) is 22.4 Å². The van der Waals surface area contributed by atoms with Crippen LogP contribution in [0.25, 0.3) is 0 Å². The lowest BCUT2D eigenvalue weighted by Crippen LogP contribution is -2.14. The van der Waals surface area contributed by atoms with Crippen LogP contribution in [0.4, 0.5) is 11.4 Å². The van der Waals surface area contributed by atoms with Gasteiger partial charge in [-0.15, -0.1) is 0 Å². The van der Waals surface area contributed by atoms with E-state index in [9.17, 15) is 13.0 Å². The molecule has 0 saturated carbocycles. The van der Waals surface area contributed by atoms with Crippen LogP contribution in [0.3, 0.4) is 0 Å². The van der Waals surface area contributed by atoms with Gasteiger partial charge in [0, 0.05) is 46.0 Å². The maximum absolute atomic E-state index is 10.4. The Morgan fingerprint density at radius 3 is 1.57 bits per heavy atom. The molecule has 1 unspecified atom stereocenters. The molecule has 0 N–H and O–H groups in total. The Labute approximate surface area is 252 Å². The molecule has 0 aliphatic carbocycles. The molecule has 1 aliphatic heterocycles. The molecule has 42 heavy (non-hydrogen) atoms. The molecule has 222 valence electrons. The van der Waals surface area contributed by atoms with Crippen LogP contribution in [0.5, 0.6) is 5.75 Å². The van der Waals surface area contributed by atoms with E-state index in [1.54, 1.807) is 12.1 Å². The lowest BCUT2D eigenvalue weighted by molar-refractivity contribution is -0.0390. The fourth-order valence-electron chi connectivity index (χ4n) is 4.32. The van der Waals surface area contributed by atoms with Crippen molar-refractivity contribution < 1.29 is 22.4 Å². The molecule has 1 atom stereocenters. The zero-order valence-electron chi connectivity index (χ0n) is 24.7. The Balaban J connectivity index is 0.000000310. The predicted molar refractivity (Wildman–Crippen MR) is 169 cm³/mol. The first kappa shape index (κ1) is 31.4. The summed E-state index contributed by atoms with van der Waals surface area (Å²) in [5.41, 5.74) is 3.34. The van der Waals surface area contributed by atoms with Crippen LogP contribution < -0.4 is 14.5 Å². The topological polar surface area (TPSA) is 82.1 Å². The maximum atomic E-state index is 10.4. The molecule has 1 saturated heterocycles. The predicted octanol–water partition coefficient (Wildman–Crippen LogP) is 6.33. The van der Waals surface area contributed by atoms with Gasteiger partial charge in [-0.25, -0.2) is 8.42 Å². The van der Waals surface area contributed by atoms with Gasteiger partial charge in [0.2, 0.25) is 0 Å². The van der Waals surface area contributed by atoms with Crippen LogP contribution in [0.15, 0.2) is 117 Å². The van der Waals surface area contributed by atoms with Crippen molar-refractivity contribution in [3.05, 3.63) is 103 Å². The quantitative estimate of drug-likeness (QED) is 0.171. The van der Waals surface area contributed by atoms with E-state index in [0.717, 1.165) is 30.8 Å². The molecule has 0 radical (unpaired) electrons. The Hall–Kier alpha value is -3.50. The van der Waals surface area contributed by atoms with Crippen molar-refractivity contribution in [3.8, 4) is 5.75 Å². The molecule has 5 rings (SSSR count). The van der Waals surface area contributed by atoms with Gasteiger partial charge in [0.15, 0.2) is 21.0 Å². The minimum atomic E-state index is -4.27. The second kappa shape index (κ2) is 14.1. The Morgan fingerprint density at radius 1 is 0.738 bits per heavy atom. The highest BCUT2D eigenvalue weighted by atomic mass is 32.2. The standard InChI is InChI=1S/C26H31N2O2S.C7H8O3S/c1-27(2)20-7-13-23(14-8-20)31(24-15-9-21(10-16-24)28(3)4)25-17-11-22(12-18-25)30-26-6-5-19-29-26;1-6-2-4-7(5-3-6)11(8,9)10/h7-18,26H,5-6,19H2,1-4H3;2-5H,1H3,(H,8,9,10)/q+1;/p-1. The number of benzene rings is 4. The monoisotopic (exact) mass is 606 g/mol. The fraction of sp³-hybridized carbons (Fsp3) is 0.273. The number of hydrogen-bond acceptors (Lipinski definition) is 7. The first-order valence-electron chi connectivity index (χ1n) is 13.7. The number of ether oxygens (including phenoxy) is 2. The zero-order chi connectivity index (χ0) is 30.3. The van der Waals surface area contributed by atoms with E-state index in [1.807, 2.05) is 6.92 Å². The normalized spacial score (nSPS) is 14.7. The van der Waals surface area contributed by atoms with Crippen molar-refractivity contribution in [2.45, 2.75) is 45.6 Å². The smallest absolute Gasteiger partial charge is 0.199 e. The van der Waals surface area contributed by atoms with E-state index < -0.39 is 10.1 Å². The van der Waals surface area contributed by atoms with Gasteiger partial charge >= 0.3 is 0 Å². The lowest BCUT2D eigenvalue weighted by atomic mass is 10.2. The molecule has 0 spiro atoms. The number of anilines is 2. The van der Waals surface area contributed by atoms with Crippen molar-refractivity contribution in [3.63, 3.8) is 0 Å². The maximum Gasteiger partial charge on any atom is 0.199 e. The number of aryl methyl sites for hydroxylation is 1. The first-order chi connectivity index (χ1) is 20.0. The molecule has 1 fully saturated rings. The molecule has 0 amide bonds. The van der Waals surface area contributed by atoms with Gasteiger partial charge in [-0.2, -0.15) is 0 Å².